The third-order valence-electron chi connectivity index (χ3n) is 4.12. The van der Waals surface area contributed by atoms with Gasteiger partial charge >= 0.3 is 5.69 Å². The molecule has 1 heterocycles. The monoisotopic (exact) mass is 345 g/mol. The van der Waals surface area contributed by atoms with Gasteiger partial charge in [0.2, 0.25) is 5.91 Å². The minimum Gasteiger partial charge on any atom is -0.497 e. The zero-order valence-corrected chi connectivity index (χ0v) is 14.6. The third kappa shape index (κ3) is 4.82. The second kappa shape index (κ2) is 8.32. The number of methoxy groups -OCH3 is 1. The van der Waals surface area contributed by atoms with Crippen molar-refractivity contribution in [3.63, 3.8) is 0 Å². The number of carbonyl (C=O) groups excluding carboxylic acids is 1. The summed E-state index contributed by atoms with van der Waals surface area (Å²) in [5.41, 5.74) is 0.920. The molecular formula is C18H23N3O4. The van der Waals surface area contributed by atoms with Gasteiger partial charge in [-0.2, -0.15) is 0 Å². The predicted molar refractivity (Wildman–Crippen MR) is 94.9 cm³/mol. The summed E-state index contributed by atoms with van der Waals surface area (Å²) in [4.78, 5) is 40.0. The molecule has 0 bridgehead atoms. The van der Waals surface area contributed by atoms with Crippen LogP contribution in [0.2, 0.25) is 0 Å². The van der Waals surface area contributed by atoms with Crippen molar-refractivity contribution in [3.8, 4) is 5.75 Å². The van der Waals surface area contributed by atoms with Crippen LogP contribution in [-0.2, 0) is 11.2 Å². The standard InChI is InChI=1S/C18H23N3O4/c1-4-15(12-5-7-13(25-3)8-6-12)20-16(22)10-9-14-11(2)19-18(24)21-17(14)23/h5-8,15H,4,9-10H2,1-3H3,(H,20,22)(H2,19,21,23,24). The fourth-order valence-electron chi connectivity index (χ4n) is 2.69. The fourth-order valence-corrected chi connectivity index (χ4v) is 2.69. The van der Waals surface area contributed by atoms with Crippen LogP contribution in [0.1, 0.15) is 42.6 Å². The number of aromatic amines is 2. The molecule has 1 unspecified atom stereocenters. The van der Waals surface area contributed by atoms with Crippen molar-refractivity contribution >= 4 is 5.91 Å². The summed E-state index contributed by atoms with van der Waals surface area (Å²) in [5, 5.41) is 2.98. The van der Waals surface area contributed by atoms with Gasteiger partial charge in [0.15, 0.2) is 0 Å². The van der Waals surface area contributed by atoms with E-state index in [0.29, 0.717) is 11.3 Å². The minimum atomic E-state index is -0.541. The van der Waals surface area contributed by atoms with Crippen molar-refractivity contribution in [3.05, 3.63) is 61.9 Å². The van der Waals surface area contributed by atoms with Crippen molar-refractivity contribution < 1.29 is 9.53 Å². The summed E-state index contributed by atoms with van der Waals surface area (Å²) in [7, 11) is 1.61. The van der Waals surface area contributed by atoms with Gasteiger partial charge in [-0.25, -0.2) is 4.79 Å². The molecule has 1 atom stereocenters. The number of aromatic nitrogens is 2. The van der Waals surface area contributed by atoms with Crippen molar-refractivity contribution in [2.45, 2.75) is 39.2 Å². The molecule has 3 N–H and O–H groups in total. The minimum absolute atomic E-state index is 0.103. The number of hydrogen-bond donors (Lipinski definition) is 3. The molecule has 2 aromatic rings. The average Bonchev–Trinajstić information content (AvgIpc) is 2.59. The summed E-state index contributed by atoms with van der Waals surface area (Å²) >= 11 is 0. The second-order valence-electron chi connectivity index (χ2n) is 5.81. The SMILES string of the molecule is CCC(NC(=O)CCc1c(C)[nH]c(=O)[nH]c1=O)c1ccc(OC)cc1. The summed E-state index contributed by atoms with van der Waals surface area (Å²) in [5.74, 6) is 0.616. The molecule has 0 aliphatic heterocycles. The van der Waals surface area contributed by atoms with Crippen LogP contribution in [0, 0.1) is 6.92 Å². The van der Waals surface area contributed by atoms with Crippen LogP contribution >= 0.6 is 0 Å². The first-order chi connectivity index (χ1) is 11.9. The lowest BCUT2D eigenvalue weighted by molar-refractivity contribution is -0.121. The Kier molecular flexibility index (Phi) is 6.16. The topological polar surface area (TPSA) is 104 Å². The Balaban J connectivity index is 2.00. The molecule has 1 amide bonds. The van der Waals surface area contributed by atoms with Gasteiger partial charge in [-0.1, -0.05) is 19.1 Å². The molecule has 7 heteroatoms. The van der Waals surface area contributed by atoms with Crippen molar-refractivity contribution in [2.75, 3.05) is 7.11 Å². The van der Waals surface area contributed by atoms with Crippen LogP contribution in [0.5, 0.6) is 5.75 Å². The van der Waals surface area contributed by atoms with Gasteiger partial charge in [0, 0.05) is 17.7 Å². The highest BCUT2D eigenvalue weighted by Crippen LogP contribution is 2.20. The Hall–Kier alpha value is -2.83. The van der Waals surface area contributed by atoms with Gasteiger partial charge < -0.3 is 15.0 Å². The van der Waals surface area contributed by atoms with Crippen LogP contribution in [0.3, 0.4) is 0 Å². The molecule has 0 aliphatic rings. The van der Waals surface area contributed by atoms with Gasteiger partial charge in [-0.3, -0.25) is 14.6 Å². The highest BCUT2D eigenvalue weighted by molar-refractivity contribution is 5.76. The lowest BCUT2D eigenvalue weighted by atomic mass is 10.0. The number of hydrogen-bond acceptors (Lipinski definition) is 4. The largest absolute Gasteiger partial charge is 0.497 e. The van der Waals surface area contributed by atoms with Crippen LogP contribution < -0.4 is 21.3 Å². The normalized spacial score (nSPS) is 11.8. The first-order valence-corrected chi connectivity index (χ1v) is 8.20. The number of aryl methyl sites for hydroxylation is 1. The lowest BCUT2D eigenvalue weighted by Crippen LogP contribution is -2.30. The number of nitrogens with one attached hydrogen (secondary N) is 3. The lowest BCUT2D eigenvalue weighted by Gasteiger charge is -2.18. The zero-order chi connectivity index (χ0) is 18.4. The molecule has 0 saturated carbocycles. The highest BCUT2D eigenvalue weighted by Gasteiger charge is 2.14. The highest BCUT2D eigenvalue weighted by atomic mass is 16.5. The molecule has 25 heavy (non-hydrogen) atoms. The van der Waals surface area contributed by atoms with E-state index in [1.165, 1.54) is 0 Å². The molecule has 2 rings (SSSR count). The van der Waals surface area contributed by atoms with Crippen molar-refractivity contribution in [2.24, 2.45) is 0 Å². The number of amides is 1. The molecule has 1 aromatic heterocycles. The molecule has 0 saturated heterocycles. The van der Waals surface area contributed by atoms with Crippen LogP contribution in [0.25, 0.3) is 0 Å². The van der Waals surface area contributed by atoms with Gasteiger partial charge in [-0.15, -0.1) is 0 Å². The van der Waals surface area contributed by atoms with Gasteiger partial charge in [0.1, 0.15) is 5.75 Å². The maximum atomic E-state index is 12.3. The zero-order valence-electron chi connectivity index (χ0n) is 14.6. The average molecular weight is 345 g/mol. The maximum Gasteiger partial charge on any atom is 0.325 e. The molecule has 0 aliphatic carbocycles. The Morgan fingerprint density at radius 3 is 2.44 bits per heavy atom. The molecular weight excluding hydrogens is 322 g/mol. The van der Waals surface area contributed by atoms with E-state index in [-0.39, 0.29) is 24.8 Å². The van der Waals surface area contributed by atoms with Gasteiger partial charge in [-0.05, 0) is 37.5 Å². The van der Waals surface area contributed by atoms with Gasteiger partial charge in [0.25, 0.3) is 5.56 Å². The Bertz CT molecular complexity index is 837. The Labute approximate surface area is 145 Å². The first kappa shape index (κ1) is 18.5. The van der Waals surface area contributed by atoms with E-state index < -0.39 is 11.2 Å². The molecule has 0 radical (unpaired) electrons. The van der Waals surface area contributed by atoms with E-state index in [4.69, 9.17) is 4.74 Å². The quantitative estimate of drug-likeness (QED) is 0.708. The summed E-state index contributed by atoms with van der Waals surface area (Å²) in [6, 6.07) is 7.45. The smallest absolute Gasteiger partial charge is 0.325 e. The van der Waals surface area contributed by atoms with E-state index in [0.717, 1.165) is 17.7 Å². The Morgan fingerprint density at radius 2 is 1.88 bits per heavy atom. The van der Waals surface area contributed by atoms with E-state index in [1.54, 1.807) is 14.0 Å². The molecule has 134 valence electrons. The van der Waals surface area contributed by atoms with E-state index >= 15 is 0 Å². The van der Waals surface area contributed by atoms with Crippen LogP contribution in [0.15, 0.2) is 33.9 Å². The van der Waals surface area contributed by atoms with E-state index in [1.807, 2.05) is 31.2 Å². The number of ether oxygens (including phenoxy) is 1. The van der Waals surface area contributed by atoms with Crippen molar-refractivity contribution in [1.82, 2.24) is 15.3 Å². The third-order valence-corrected chi connectivity index (χ3v) is 4.12. The van der Waals surface area contributed by atoms with Gasteiger partial charge in [0.05, 0.1) is 13.2 Å². The second-order valence-corrected chi connectivity index (χ2v) is 5.81. The first-order valence-electron chi connectivity index (χ1n) is 8.20. The number of carbonyl (C=O) groups is 1. The predicted octanol–water partition coefficient (Wildman–Crippen LogP) is 1.58. The summed E-state index contributed by atoms with van der Waals surface area (Å²) in [6.45, 7) is 3.64. The van der Waals surface area contributed by atoms with E-state index in [2.05, 4.69) is 15.3 Å². The molecule has 0 fully saturated rings. The summed E-state index contributed by atoms with van der Waals surface area (Å²) < 4.78 is 5.14. The van der Waals surface area contributed by atoms with E-state index in [9.17, 15) is 14.4 Å². The summed E-state index contributed by atoms with van der Waals surface area (Å²) in [6.07, 6.45) is 1.18. The van der Waals surface area contributed by atoms with Crippen LogP contribution in [-0.4, -0.2) is 23.0 Å². The molecule has 1 aromatic carbocycles. The number of H-pyrrole nitrogens is 2. The Morgan fingerprint density at radius 1 is 1.20 bits per heavy atom. The van der Waals surface area contributed by atoms with Crippen LogP contribution in [0.4, 0.5) is 0 Å². The number of benzene rings is 1. The molecule has 7 nitrogen and oxygen atoms in total. The van der Waals surface area contributed by atoms with Crippen molar-refractivity contribution in [1.29, 1.82) is 0 Å². The molecule has 0 spiro atoms. The fraction of sp³-hybridized carbons (Fsp3) is 0.389. The number of rotatable bonds is 7. The maximum absolute atomic E-state index is 12.3.